The number of aromatic nitrogens is 2. The smallest absolute Gasteiger partial charge is 0.271 e. The second-order valence-electron chi connectivity index (χ2n) is 5.65. The second-order valence-corrected chi connectivity index (χ2v) is 8.20. The summed E-state index contributed by atoms with van der Waals surface area (Å²) in [6.07, 6.45) is 0.743. The van der Waals surface area contributed by atoms with Crippen molar-refractivity contribution in [3.8, 4) is 5.75 Å². The van der Waals surface area contributed by atoms with Crippen LogP contribution in [-0.2, 0) is 13.0 Å². The van der Waals surface area contributed by atoms with E-state index in [1.807, 2.05) is 42.5 Å². The van der Waals surface area contributed by atoms with Crippen molar-refractivity contribution in [3.63, 3.8) is 0 Å². The third kappa shape index (κ3) is 5.77. The van der Waals surface area contributed by atoms with Crippen molar-refractivity contribution in [1.82, 2.24) is 15.1 Å². The maximum Gasteiger partial charge on any atom is 0.271 e. The van der Waals surface area contributed by atoms with E-state index >= 15 is 0 Å². The Kier molecular flexibility index (Phi) is 6.78. The van der Waals surface area contributed by atoms with E-state index in [0.717, 1.165) is 16.0 Å². The van der Waals surface area contributed by atoms with Crippen molar-refractivity contribution in [3.05, 3.63) is 79.3 Å². The summed E-state index contributed by atoms with van der Waals surface area (Å²) in [5.41, 5.74) is -0.0617. The third-order valence-electron chi connectivity index (χ3n) is 3.70. The lowest BCUT2D eigenvalue weighted by Crippen LogP contribution is -2.31. The molecule has 1 amide bonds. The third-order valence-corrected chi connectivity index (χ3v) is 5.38. The van der Waals surface area contributed by atoms with Gasteiger partial charge in [-0.3, -0.25) is 9.59 Å². The molecule has 8 heteroatoms. The van der Waals surface area contributed by atoms with Gasteiger partial charge in [-0.2, -0.15) is 5.10 Å². The molecule has 0 aliphatic rings. The Bertz CT molecular complexity index is 956. The number of hydrogen-bond donors (Lipinski definition) is 1. The lowest BCUT2D eigenvalue weighted by molar-refractivity contribution is 0.0946. The van der Waals surface area contributed by atoms with E-state index in [2.05, 4.69) is 26.3 Å². The van der Waals surface area contributed by atoms with Crippen LogP contribution in [0.15, 0.2) is 63.2 Å². The fourth-order valence-electron chi connectivity index (χ4n) is 2.37. The van der Waals surface area contributed by atoms with Crippen molar-refractivity contribution in [1.29, 1.82) is 0 Å². The van der Waals surface area contributed by atoms with Crippen LogP contribution in [0.5, 0.6) is 5.75 Å². The van der Waals surface area contributed by atoms with E-state index in [9.17, 15) is 9.59 Å². The first-order chi connectivity index (χ1) is 13.1. The van der Waals surface area contributed by atoms with Crippen LogP contribution in [0.4, 0.5) is 0 Å². The molecule has 0 atom stereocenters. The standard InChI is InChI=1S/C19H18BrN3O3S/c20-17-8-6-15(27-17)10-11-21-19(25)16-7-9-18(24)23(22-16)12-13-26-14-4-2-1-3-5-14/h1-9H,10-13H2,(H,21,25). The minimum absolute atomic E-state index is 0.210. The number of nitrogens with one attached hydrogen (secondary N) is 1. The van der Waals surface area contributed by atoms with Gasteiger partial charge in [0, 0.05) is 17.5 Å². The average Bonchev–Trinajstić information content (AvgIpc) is 3.09. The van der Waals surface area contributed by atoms with Gasteiger partial charge in [0.15, 0.2) is 0 Å². The maximum atomic E-state index is 12.3. The van der Waals surface area contributed by atoms with Gasteiger partial charge in [-0.25, -0.2) is 4.68 Å². The number of para-hydroxylation sites is 1. The predicted octanol–water partition coefficient (Wildman–Crippen LogP) is 3.12. The number of ether oxygens (including phenoxy) is 1. The van der Waals surface area contributed by atoms with Crippen LogP contribution in [0, 0.1) is 0 Å². The van der Waals surface area contributed by atoms with Crippen molar-refractivity contribution >= 4 is 33.2 Å². The van der Waals surface area contributed by atoms with Crippen molar-refractivity contribution in [2.45, 2.75) is 13.0 Å². The van der Waals surface area contributed by atoms with Crippen LogP contribution in [0.3, 0.4) is 0 Å². The Morgan fingerprint density at radius 2 is 1.96 bits per heavy atom. The molecule has 0 fully saturated rings. The molecule has 0 bridgehead atoms. The largest absolute Gasteiger partial charge is 0.492 e. The van der Waals surface area contributed by atoms with Gasteiger partial charge < -0.3 is 10.1 Å². The average molecular weight is 448 g/mol. The minimum atomic E-state index is -0.302. The Balaban J connectivity index is 1.53. The van der Waals surface area contributed by atoms with E-state index in [1.54, 1.807) is 11.3 Å². The first-order valence-electron chi connectivity index (χ1n) is 8.40. The molecular formula is C19H18BrN3O3S. The van der Waals surface area contributed by atoms with Crippen LogP contribution in [0.1, 0.15) is 15.4 Å². The maximum absolute atomic E-state index is 12.3. The van der Waals surface area contributed by atoms with Crippen molar-refractivity contribution in [2.75, 3.05) is 13.2 Å². The number of amides is 1. The Morgan fingerprint density at radius 1 is 1.15 bits per heavy atom. The summed E-state index contributed by atoms with van der Waals surface area (Å²) in [6, 6.07) is 16.1. The molecule has 0 saturated carbocycles. The first-order valence-corrected chi connectivity index (χ1v) is 10.0. The number of carbonyl (C=O) groups excluding carboxylic acids is 1. The number of hydrogen-bond acceptors (Lipinski definition) is 5. The number of thiophene rings is 1. The van der Waals surface area contributed by atoms with E-state index in [-0.39, 0.29) is 30.3 Å². The molecule has 2 heterocycles. The molecule has 0 radical (unpaired) electrons. The number of rotatable bonds is 8. The molecule has 27 heavy (non-hydrogen) atoms. The molecule has 0 unspecified atom stereocenters. The van der Waals surface area contributed by atoms with Crippen molar-refractivity contribution in [2.24, 2.45) is 0 Å². The summed E-state index contributed by atoms with van der Waals surface area (Å²) in [7, 11) is 0. The zero-order valence-electron chi connectivity index (χ0n) is 14.4. The van der Waals surface area contributed by atoms with Gasteiger partial charge >= 0.3 is 0 Å². The van der Waals surface area contributed by atoms with E-state index in [1.165, 1.54) is 21.7 Å². The molecule has 6 nitrogen and oxygen atoms in total. The van der Waals surface area contributed by atoms with Gasteiger partial charge in [0.25, 0.3) is 11.5 Å². The van der Waals surface area contributed by atoms with Crippen molar-refractivity contribution < 1.29 is 9.53 Å². The Hall–Kier alpha value is -2.45. The second kappa shape index (κ2) is 9.48. The molecule has 1 aromatic carbocycles. The Labute approximate surface area is 168 Å². The normalized spacial score (nSPS) is 10.6. The molecule has 0 spiro atoms. The number of halogens is 1. The molecule has 3 rings (SSSR count). The van der Waals surface area contributed by atoms with Crippen LogP contribution in [-0.4, -0.2) is 28.8 Å². The molecule has 3 aromatic rings. The van der Waals surface area contributed by atoms with E-state index in [4.69, 9.17) is 4.74 Å². The first kappa shape index (κ1) is 19.3. The number of nitrogens with zero attached hydrogens (tertiary/aromatic N) is 2. The van der Waals surface area contributed by atoms with Crippen LogP contribution < -0.4 is 15.6 Å². The highest BCUT2D eigenvalue weighted by Crippen LogP contribution is 2.22. The summed E-state index contributed by atoms with van der Waals surface area (Å²) in [5, 5.41) is 6.97. The molecule has 140 valence electrons. The highest BCUT2D eigenvalue weighted by atomic mass is 79.9. The lowest BCUT2D eigenvalue weighted by Gasteiger charge is -2.09. The monoisotopic (exact) mass is 447 g/mol. The fraction of sp³-hybridized carbons (Fsp3) is 0.211. The van der Waals surface area contributed by atoms with Crippen LogP contribution in [0.2, 0.25) is 0 Å². The number of benzene rings is 1. The number of carbonyl (C=O) groups is 1. The summed E-state index contributed by atoms with van der Waals surface area (Å²) in [6.45, 7) is 1.05. The molecule has 0 saturated heterocycles. The summed E-state index contributed by atoms with van der Waals surface area (Å²) < 4.78 is 7.89. The molecule has 0 aliphatic heterocycles. The van der Waals surface area contributed by atoms with Gasteiger partial charge in [-0.1, -0.05) is 18.2 Å². The summed E-state index contributed by atoms with van der Waals surface area (Å²) in [4.78, 5) is 25.4. The van der Waals surface area contributed by atoms with Gasteiger partial charge in [-0.05, 0) is 52.7 Å². The molecular weight excluding hydrogens is 430 g/mol. The highest BCUT2D eigenvalue weighted by Gasteiger charge is 2.10. The molecule has 1 N–H and O–H groups in total. The lowest BCUT2D eigenvalue weighted by atomic mass is 10.3. The predicted molar refractivity (Wildman–Crippen MR) is 108 cm³/mol. The van der Waals surface area contributed by atoms with Gasteiger partial charge in [0.2, 0.25) is 0 Å². The highest BCUT2D eigenvalue weighted by molar-refractivity contribution is 9.11. The zero-order valence-corrected chi connectivity index (χ0v) is 16.8. The quantitative estimate of drug-likeness (QED) is 0.575. The summed E-state index contributed by atoms with van der Waals surface area (Å²) >= 11 is 5.06. The van der Waals surface area contributed by atoms with E-state index < -0.39 is 0 Å². The van der Waals surface area contributed by atoms with E-state index in [0.29, 0.717) is 6.54 Å². The van der Waals surface area contributed by atoms with Crippen LogP contribution in [0.25, 0.3) is 0 Å². The Morgan fingerprint density at radius 3 is 2.70 bits per heavy atom. The topological polar surface area (TPSA) is 73.2 Å². The SMILES string of the molecule is O=C(NCCc1ccc(Br)s1)c1ccc(=O)n(CCOc2ccccc2)n1. The zero-order chi connectivity index (χ0) is 19.1. The molecule has 0 aliphatic carbocycles. The fourth-order valence-corrected chi connectivity index (χ4v) is 3.86. The van der Waals surface area contributed by atoms with Gasteiger partial charge in [0.05, 0.1) is 10.3 Å². The van der Waals surface area contributed by atoms with Crippen LogP contribution >= 0.6 is 27.3 Å². The van der Waals surface area contributed by atoms with Gasteiger partial charge in [0.1, 0.15) is 18.1 Å². The van der Waals surface area contributed by atoms with Gasteiger partial charge in [-0.15, -0.1) is 11.3 Å². The minimum Gasteiger partial charge on any atom is -0.492 e. The summed E-state index contributed by atoms with van der Waals surface area (Å²) in [5.74, 6) is 0.419. The molecule has 2 aromatic heterocycles.